The number of carbonyl (C=O) groups excluding carboxylic acids is 1. The fourth-order valence-electron chi connectivity index (χ4n) is 3.20. The molecule has 25 heavy (non-hydrogen) atoms. The van der Waals surface area contributed by atoms with Crippen molar-refractivity contribution >= 4 is 35.5 Å². The first-order chi connectivity index (χ1) is 12.2. The Balaban J connectivity index is 1.74. The number of carbonyl (C=O) groups is 1. The van der Waals surface area contributed by atoms with Crippen LogP contribution in [0, 0.1) is 5.92 Å². The largest absolute Gasteiger partial charge is 0.340 e. The summed E-state index contributed by atoms with van der Waals surface area (Å²) in [7, 11) is 0. The number of benzene rings is 2. The van der Waals surface area contributed by atoms with Crippen LogP contribution in [0.1, 0.15) is 29.5 Å². The van der Waals surface area contributed by atoms with Gasteiger partial charge in [-0.3, -0.25) is 10.0 Å². The van der Waals surface area contributed by atoms with Gasteiger partial charge in [-0.15, -0.1) is 0 Å². The summed E-state index contributed by atoms with van der Waals surface area (Å²) in [5, 5.41) is 8.60. The molecule has 4 rings (SSSR count). The summed E-state index contributed by atoms with van der Waals surface area (Å²) >= 11 is 0. The van der Waals surface area contributed by atoms with Crippen molar-refractivity contribution in [3.63, 3.8) is 0 Å². The lowest BCUT2D eigenvalue weighted by molar-refractivity contribution is -0.124. The summed E-state index contributed by atoms with van der Waals surface area (Å²) in [6, 6.07) is 14.7. The van der Waals surface area contributed by atoms with E-state index in [9.17, 15) is 4.79 Å². The second kappa shape index (κ2) is 6.57. The minimum Gasteiger partial charge on any atom is -0.340 e. The SMILES string of the molecule is O=C(/C=C/c1ccc2c(c1)C=Cc1ccccc1N2CC1CC1)NO. The predicted octanol–water partition coefficient (Wildman–Crippen LogP) is 4.24. The monoisotopic (exact) mass is 332 g/mol. The van der Waals surface area contributed by atoms with Gasteiger partial charge in [-0.25, -0.2) is 5.48 Å². The molecule has 2 aromatic carbocycles. The van der Waals surface area contributed by atoms with Gasteiger partial charge in [0.15, 0.2) is 0 Å². The van der Waals surface area contributed by atoms with Crippen molar-refractivity contribution in [1.29, 1.82) is 0 Å². The zero-order valence-corrected chi connectivity index (χ0v) is 13.9. The first-order valence-corrected chi connectivity index (χ1v) is 8.55. The summed E-state index contributed by atoms with van der Waals surface area (Å²) < 4.78 is 0. The number of fused-ring (bicyclic) bond motifs is 2. The molecule has 0 bridgehead atoms. The Bertz CT molecular complexity index is 866. The summed E-state index contributed by atoms with van der Waals surface area (Å²) in [4.78, 5) is 13.6. The number of hydrogen-bond acceptors (Lipinski definition) is 3. The zero-order chi connectivity index (χ0) is 17.2. The molecule has 2 N–H and O–H groups in total. The van der Waals surface area contributed by atoms with Crippen LogP contribution in [0.15, 0.2) is 48.5 Å². The average molecular weight is 332 g/mol. The highest BCUT2D eigenvalue weighted by Crippen LogP contribution is 2.40. The van der Waals surface area contributed by atoms with Crippen LogP contribution >= 0.6 is 0 Å². The number of amides is 1. The quantitative estimate of drug-likeness (QED) is 0.500. The fraction of sp³-hybridized carbons (Fsp3) is 0.190. The molecule has 1 aliphatic carbocycles. The molecule has 2 aromatic rings. The van der Waals surface area contributed by atoms with Gasteiger partial charge < -0.3 is 4.90 Å². The number of nitrogens with one attached hydrogen (secondary N) is 1. The molecule has 0 radical (unpaired) electrons. The molecule has 1 aliphatic heterocycles. The van der Waals surface area contributed by atoms with Gasteiger partial charge in [0.1, 0.15) is 0 Å². The van der Waals surface area contributed by atoms with E-state index in [0.717, 1.165) is 23.6 Å². The van der Waals surface area contributed by atoms with Gasteiger partial charge in [0.25, 0.3) is 5.91 Å². The molecule has 4 nitrogen and oxygen atoms in total. The molecule has 0 unspecified atom stereocenters. The van der Waals surface area contributed by atoms with E-state index in [-0.39, 0.29) is 0 Å². The van der Waals surface area contributed by atoms with Gasteiger partial charge in [0.05, 0.1) is 0 Å². The minimum absolute atomic E-state index is 0.534. The van der Waals surface area contributed by atoms with E-state index in [2.05, 4.69) is 53.5 Å². The third-order valence-electron chi connectivity index (χ3n) is 4.69. The van der Waals surface area contributed by atoms with Crippen LogP contribution in [-0.4, -0.2) is 17.7 Å². The Morgan fingerprint density at radius 2 is 1.88 bits per heavy atom. The second-order valence-electron chi connectivity index (χ2n) is 6.57. The van der Waals surface area contributed by atoms with Crippen molar-refractivity contribution in [1.82, 2.24) is 5.48 Å². The zero-order valence-electron chi connectivity index (χ0n) is 13.9. The summed E-state index contributed by atoms with van der Waals surface area (Å²) in [6.07, 6.45) is 9.90. The van der Waals surface area contributed by atoms with Gasteiger partial charge >= 0.3 is 0 Å². The smallest absolute Gasteiger partial charge is 0.267 e. The molecule has 4 heteroatoms. The number of hydroxylamine groups is 1. The van der Waals surface area contributed by atoms with E-state index in [1.165, 1.54) is 35.9 Å². The van der Waals surface area contributed by atoms with Crippen molar-refractivity contribution in [3.8, 4) is 0 Å². The molecule has 0 atom stereocenters. The van der Waals surface area contributed by atoms with Crippen LogP contribution < -0.4 is 10.4 Å². The third-order valence-corrected chi connectivity index (χ3v) is 4.69. The molecule has 0 spiro atoms. The van der Waals surface area contributed by atoms with Crippen molar-refractivity contribution in [3.05, 3.63) is 65.2 Å². The molecule has 0 aromatic heterocycles. The standard InChI is InChI=1S/C21H20N2O2/c24-21(22-25)12-8-15-7-11-20-18(13-15)10-9-17-3-1-2-4-19(17)23(20)14-16-5-6-16/h1-4,7-13,16,25H,5-6,14H2,(H,22,24)/b12-8+. The topological polar surface area (TPSA) is 52.6 Å². The van der Waals surface area contributed by atoms with Crippen molar-refractivity contribution < 1.29 is 10.0 Å². The minimum atomic E-state index is -0.534. The molecule has 0 saturated heterocycles. The maximum atomic E-state index is 11.2. The molecule has 1 saturated carbocycles. The Hall–Kier alpha value is -2.85. The first kappa shape index (κ1) is 15.7. The lowest BCUT2D eigenvalue weighted by atomic mass is 10.1. The molecular weight excluding hydrogens is 312 g/mol. The van der Waals surface area contributed by atoms with Gasteiger partial charge in [-0.2, -0.15) is 0 Å². The highest BCUT2D eigenvalue weighted by atomic mass is 16.5. The summed E-state index contributed by atoms with van der Waals surface area (Å²) in [5.74, 6) is 0.236. The number of rotatable bonds is 4. The Labute approximate surface area is 147 Å². The number of anilines is 2. The summed E-state index contributed by atoms with van der Waals surface area (Å²) in [5.41, 5.74) is 7.31. The average Bonchev–Trinajstić information content (AvgIpc) is 3.48. The van der Waals surface area contributed by atoms with Crippen molar-refractivity contribution in [2.45, 2.75) is 12.8 Å². The van der Waals surface area contributed by atoms with Gasteiger partial charge in [-0.1, -0.05) is 36.4 Å². The van der Waals surface area contributed by atoms with Gasteiger partial charge in [0, 0.05) is 24.0 Å². The fourth-order valence-corrected chi connectivity index (χ4v) is 3.20. The van der Waals surface area contributed by atoms with E-state index in [4.69, 9.17) is 5.21 Å². The van der Waals surface area contributed by atoms with E-state index < -0.39 is 5.91 Å². The van der Waals surface area contributed by atoms with Crippen molar-refractivity contribution in [2.24, 2.45) is 5.92 Å². The molecular formula is C21H20N2O2. The maximum absolute atomic E-state index is 11.2. The lowest BCUT2D eigenvalue weighted by Gasteiger charge is -2.27. The van der Waals surface area contributed by atoms with Crippen LogP contribution in [0.5, 0.6) is 0 Å². The van der Waals surface area contributed by atoms with Crippen LogP contribution in [0.25, 0.3) is 18.2 Å². The summed E-state index contributed by atoms with van der Waals surface area (Å²) in [6.45, 7) is 1.04. The highest BCUT2D eigenvalue weighted by Gasteiger charge is 2.27. The highest BCUT2D eigenvalue weighted by molar-refractivity contribution is 5.92. The van der Waals surface area contributed by atoms with Crippen LogP contribution in [0.3, 0.4) is 0 Å². The number of nitrogens with zero attached hydrogens (tertiary/aromatic N) is 1. The second-order valence-corrected chi connectivity index (χ2v) is 6.57. The molecule has 1 fully saturated rings. The predicted molar refractivity (Wildman–Crippen MR) is 101 cm³/mol. The van der Waals surface area contributed by atoms with Gasteiger partial charge in [-0.05, 0) is 59.7 Å². The molecule has 126 valence electrons. The number of hydrogen-bond donors (Lipinski definition) is 2. The Morgan fingerprint density at radius 1 is 1.12 bits per heavy atom. The first-order valence-electron chi connectivity index (χ1n) is 8.55. The third kappa shape index (κ3) is 3.35. The van der Waals surface area contributed by atoms with E-state index in [1.807, 2.05) is 6.07 Å². The van der Waals surface area contributed by atoms with Crippen LogP contribution in [-0.2, 0) is 4.79 Å². The van der Waals surface area contributed by atoms with E-state index >= 15 is 0 Å². The number of para-hydroxylation sites is 1. The maximum Gasteiger partial charge on any atom is 0.267 e. The molecule has 2 aliphatic rings. The van der Waals surface area contributed by atoms with E-state index in [0.29, 0.717) is 0 Å². The van der Waals surface area contributed by atoms with E-state index in [1.54, 1.807) is 11.6 Å². The lowest BCUT2D eigenvalue weighted by Crippen LogP contribution is -2.21. The normalized spacial score (nSPS) is 15.6. The van der Waals surface area contributed by atoms with Gasteiger partial charge in [0.2, 0.25) is 0 Å². The molecule has 1 heterocycles. The molecule has 1 amide bonds. The Kier molecular flexibility index (Phi) is 4.12. The van der Waals surface area contributed by atoms with Crippen LogP contribution in [0.2, 0.25) is 0 Å². The van der Waals surface area contributed by atoms with Crippen molar-refractivity contribution in [2.75, 3.05) is 11.4 Å². The Morgan fingerprint density at radius 3 is 2.68 bits per heavy atom. The van der Waals surface area contributed by atoms with Crippen LogP contribution in [0.4, 0.5) is 11.4 Å².